The van der Waals surface area contributed by atoms with Crippen LogP contribution in [-0.2, 0) is 4.79 Å². The maximum atomic E-state index is 12.1. The molecule has 0 aliphatic rings. The molecule has 0 saturated heterocycles. The SMILES string of the molecule is Cc1cccc(NC(=O)[C@H](C)Sc2ccccc2)c1. The van der Waals surface area contributed by atoms with Crippen molar-refractivity contribution in [3.8, 4) is 0 Å². The van der Waals surface area contributed by atoms with E-state index in [1.165, 1.54) is 0 Å². The Morgan fingerprint density at radius 2 is 1.84 bits per heavy atom. The summed E-state index contributed by atoms with van der Waals surface area (Å²) in [5.74, 6) is 0.0273. The fourth-order valence-electron chi connectivity index (χ4n) is 1.72. The Bertz CT molecular complexity index is 554. The normalized spacial score (nSPS) is 11.9. The minimum Gasteiger partial charge on any atom is -0.325 e. The molecule has 0 unspecified atom stereocenters. The molecule has 0 aromatic heterocycles. The molecule has 1 atom stereocenters. The minimum absolute atomic E-state index is 0.0273. The molecule has 0 heterocycles. The van der Waals surface area contributed by atoms with Gasteiger partial charge in [-0.15, -0.1) is 11.8 Å². The van der Waals surface area contributed by atoms with Crippen LogP contribution in [0, 0.1) is 6.92 Å². The Morgan fingerprint density at radius 3 is 2.53 bits per heavy atom. The number of thioether (sulfide) groups is 1. The van der Waals surface area contributed by atoms with Crippen molar-refractivity contribution < 1.29 is 4.79 Å². The number of amides is 1. The molecule has 1 N–H and O–H groups in total. The molecule has 0 aliphatic heterocycles. The summed E-state index contributed by atoms with van der Waals surface area (Å²) in [6, 6.07) is 17.8. The van der Waals surface area contributed by atoms with Crippen LogP contribution in [-0.4, -0.2) is 11.2 Å². The summed E-state index contributed by atoms with van der Waals surface area (Å²) in [6.45, 7) is 3.93. The van der Waals surface area contributed by atoms with Gasteiger partial charge in [0.05, 0.1) is 5.25 Å². The number of rotatable bonds is 4. The largest absolute Gasteiger partial charge is 0.325 e. The molecule has 19 heavy (non-hydrogen) atoms. The van der Waals surface area contributed by atoms with E-state index in [1.54, 1.807) is 11.8 Å². The predicted octanol–water partition coefficient (Wildman–Crippen LogP) is 4.11. The first-order chi connectivity index (χ1) is 9.15. The summed E-state index contributed by atoms with van der Waals surface area (Å²) >= 11 is 1.56. The van der Waals surface area contributed by atoms with Gasteiger partial charge < -0.3 is 5.32 Å². The molecule has 1 amide bonds. The molecule has 0 fully saturated rings. The average molecular weight is 271 g/mol. The zero-order valence-electron chi connectivity index (χ0n) is 11.1. The summed E-state index contributed by atoms with van der Waals surface area (Å²) in [4.78, 5) is 13.2. The Balaban J connectivity index is 1.96. The van der Waals surface area contributed by atoms with Crippen molar-refractivity contribution >= 4 is 23.4 Å². The first-order valence-electron chi connectivity index (χ1n) is 6.24. The van der Waals surface area contributed by atoms with E-state index in [4.69, 9.17) is 0 Å². The van der Waals surface area contributed by atoms with Gasteiger partial charge in [-0.1, -0.05) is 30.3 Å². The van der Waals surface area contributed by atoms with Gasteiger partial charge in [-0.25, -0.2) is 0 Å². The van der Waals surface area contributed by atoms with Gasteiger partial charge in [-0.2, -0.15) is 0 Å². The van der Waals surface area contributed by atoms with Gasteiger partial charge in [0.2, 0.25) is 5.91 Å². The van der Waals surface area contributed by atoms with E-state index in [2.05, 4.69) is 5.32 Å². The monoisotopic (exact) mass is 271 g/mol. The van der Waals surface area contributed by atoms with Crippen LogP contribution >= 0.6 is 11.8 Å². The van der Waals surface area contributed by atoms with E-state index in [1.807, 2.05) is 68.4 Å². The number of hydrogen-bond donors (Lipinski definition) is 1. The second-order valence-electron chi connectivity index (χ2n) is 4.43. The number of aryl methyl sites for hydroxylation is 1. The lowest BCUT2D eigenvalue weighted by molar-refractivity contribution is -0.115. The van der Waals surface area contributed by atoms with Gasteiger partial charge in [0.15, 0.2) is 0 Å². The van der Waals surface area contributed by atoms with Gasteiger partial charge in [0.1, 0.15) is 0 Å². The first kappa shape index (κ1) is 13.7. The molecule has 0 radical (unpaired) electrons. The van der Waals surface area contributed by atoms with Crippen molar-refractivity contribution in [2.24, 2.45) is 0 Å². The predicted molar refractivity (Wildman–Crippen MR) is 81.6 cm³/mol. The van der Waals surface area contributed by atoms with Crippen LogP contribution in [0.4, 0.5) is 5.69 Å². The summed E-state index contributed by atoms with van der Waals surface area (Å²) < 4.78 is 0. The van der Waals surface area contributed by atoms with Crippen LogP contribution in [0.2, 0.25) is 0 Å². The molecule has 2 aromatic carbocycles. The number of carbonyl (C=O) groups excluding carboxylic acids is 1. The van der Waals surface area contributed by atoms with Gasteiger partial charge in [-0.05, 0) is 43.7 Å². The zero-order chi connectivity index (χ0) is 13.7. The highest BCUT2D eigenvalue weighted by atomic mass is 32.2. The van der Waals surface area contributed by atoms with E-state index < -0.39 is 0 Å². The highest BCUT2D eigenvalue weighted by molar-refractivity contribution is 8.00. The molecular weight excluding hydrogens is 254 g/mol. The molecule has 0 bridgehead atoms. The molecule has 0 aliphatic carbocycles. The Hall–Kier alpha value is -1.74. The molecule has 2 nitrogen and oxygen atoms in total. The number of nitrogens with one attached hydrogen (secondary N) is 1. The lowest BCUT2D eigenvalue weighted by atomic mass is 10.2. The van der Waals surface area contributed by atoms with Gasteiger partial charge in [0.25, 0.3) is 0 Å². The van der Waals surface area contributed by atoms with Gasteiger partial charge in [0, 0.05) is 10.6 Å². The lowest BCUT2D eigenvalue weighted by Crippen LogP contribution is -2.22. The van der Waals surface area contributed by atoms with E-state index in [9.17, 15) is 4.79 Å². The number of hydrogen-bond acceptors (Lipinski definition) is 2. The van der Waals surface area contributed by atoms with E-state index >= 15 is 0 Å². The fourth-order valence-corrected chi connectivity index (χ4v) is 2.61. The van der Waals surface area contributed by atoms with Crippen molar-refractivity contribution in [3.05, 3.63) is 60.2 Å². The summed E-state index contributed by atoms with van der Waals surface area (Å²) in [5, 5.41) is 2.82. The van der Waals surface area contributed by atoms with Crippen molar-refractivity contribution in [2.75, 3.05) is 5.32 Å². The summed E-state index contributed by atoms with van der Waals surface area (Å²) in [7, 11) is 0. The van der Waals surface area contributed by atoms with Crippen LogP contribution < -0.4 is 5.32 Å². The third-order valence-corrected chi connectivity index (χ3v) is 3.82. The standard InChI is InChI=1S/C16H17NOS/c1-12-7-6-8-14(11-12)17-16(18)13(2)19-15-9-4-3-5-10-15/h3-11,13H,1-2H3,(H,17,18)/t13-/m0/s1. The van der Waals surface area contributed by atoms with E-state index in [0.717, 1.165) is 16.1 Å². The Kier molecular flexibility index (Phi) is 4.63. The molecule has 0 spiro atoms. The topological polar surface area (TPSA) is 29.1 Å². The fraction of sp³-hybridized carbons (Fsp3) is 0.188. The van der Waals surface area contributed by atoms with Crippen molar-refractivity contribution in [3.63, 3.8) is 0 Å². The molecular formula is C16H17NOS. The quantitative estimate of drug-likeness (QED) is 0.848. The van der Waals surface area contributed by atoms with Gasteiger partial charge >= 0.3 is 0 Å². The smallest absolute Gasteiger partial charge is 0.237 e. The second-order valence-corrected chi connectivity index (χ2v) is 5.85. The highest BCUT2D eigenvalue weighted by Gasteiger charge is 2.14. The average Bonchev–Trinajstić information content (AvgIpc) is 2.40. The highest BCUT2D eigenvalue weighted by Crippen LogP contribution is 2.23. The number of anilines is 1. The minimum atomic E-state index is -0.122. The Labute approximate surface area is 118 Å². The van der Waals surface area contributed by atoms with E-state index in [0.29, 0.717) is 0 Å². The van der Waals surface area contributed by atoms with Crippen LogP contribution in [0.15, 0.2) is 59.5 Å². The van der Waals surface area contributed by atoms with Gasteiger partial charge in [-0.3, -0.25) is 4.79 Å². The second kappa shape index (κ2) is 6.43. The molecule has 2 rings (SSSR count). The zero-order valence-corrected chi connectivity index (χ0v) is 11.9. The Morgan fingerprint density at radius 1 is 1.11 bits per heavy atom. The maximum absolute atomic E-state index is 12.1. The van der Waals surface area contributed by atoms with Crippen molar-refractivity contribution in [1.82, 2.24) is 0 Å². The first-order valence-corrected chi connectivity index (χ1v) is 7.12. The number of carbonyl (C=O) groups is 1. The van der Waals surface area contributed by atoms with Crippen LogP contribution in [0.5, 0.6) is 0 Å². The number of benzene rings is 2. The summed E-state index contributed by atoms with van der Waals surface area (Å²) in [6.07, 6.45) is 0. The van der Waals surface area contributed by atoms with Crippen molar-refractivity contribution in [1.29, 1.82) is 0 Å². The van der Waals surface area contributed by atoms with Crippen molar-refractivity contribution in [2.45, 2.75) is 24.0 Å². The van der Waals surface area contributed by atoms with E-state index in [-0.39, 0.29) is 11.2 Å². The van der Waals surface area contributed by atoms with Crippen LogP contribution in [0.1, 0.15) is 12.5 Å². The molecule has 2 aromatic rings. The van der Waals surface area contributed by atoms with Crippen LogP contribution in [0.3, 0.4) is 0 Å². The molecule has 3 heteroatoms. The van der Waals surface area contributed by atoms with Crippen LogP contribution in [0.25, 0.3) is 0 Å². The summed E-state index contributed by atoms with van der Waals surface area (Å²) in [5.41, 5.74) is 1.99. The molecule has 98 valence electrons. The third-order valence-electron chi connectivity index (χ3n) is 2.71. The maximum Gasteiger partial charge on any atom is 0.237 e. The molecule has 0 saturated carbocycles. The third kappa shape index (κ3) is 4.14. The lowest BCUT2D eigenvalue weighted by Gasteiger charge is -2.12.